The van der Waals surface area contributed by atoms with Crippen LogP contribution in [0, 0.1) is 17.3 Å². The van der Waals surface area contributed by atoms with Crippen molar-refractivity contribution < 1.29 is 9.53 Å². The molecule has 1 aliphatic heterocycles. The Morgan fingerprint density at radius 1 is 1.21 bits per heavy atom. The zero-order valence-corrected chi connectivity index (χ0v) is 17.8. The maximum Gasteiger partial charge on any atom is 0.230 e. The van der Waals surface area contributed by atoms with Crippen molar-refractivity contribution in [3.05, 3.63) is 29.3 Å². The highest BCUT2D eigenvalue weighted by atomic mass is 16.5. The molecule has 152 valence electrons. The molecule has 3 atom stereocenters. The van der Waals surface area contributed by atoms with Gasteiger partial charge in [0.2, 0.25) is 5.91 Å². The summed E-state index contributed by atoms with van der Waals surface area (Å²) >= 11 is 0. The molecule has 1 aromatic carbocycles. The molecule has 0 saturated heterocycles. The Bertz CT molecular complexity index is 779. The lowest BCUT2D eigenvalue weighted by atomic mass is 9.56. The van der Waals surface area contributed by atoms with Crippen LogP contribution in [0.25, 0.3) is 0 Å². The smallest absolute Gasteiger partial charge is 0.230 e. The van der Waals surface area contributed by atoms with E-state index in [0.717, 1.165) is 18.6 Å². The third kappa shape index (κ3) is 3.05. The molecule has 28 heavy (non-hydrogen) atoms. The maximum absolute atomic E-state index is 13.2. The summed E-state index contributed by atoms with van der Waals surface area (Å²) in [4.78, 5) is 20.1. The van der Waals surface area contributed by atoms with Gasteiger partial charge in [0.05, 0.1) is 19.1 Å². The van der Waals surface area contributed by atoms with E-state index < -0.39 is 0 Å². The number of ether oxygens (including phenoxy) is 1. The summed E-state index contributed by atoms with van der Waals surface area (Å²) in [7, 11) is 5.47. The van der Waals surface area contributed by atoms with Crippen molar-refractivity contribution >= 4 is 11.6 Å². The molecule has 2 saturated carbocycles. The number of rotatable bonds is 4. The second-order valence-electron chi connectivity index (χ2n) is 9.29. The van der Waals surface area contributed by atoms with E-state index in [9.17, 15) is 4.79 Å². The molecule has 1 heterocycles. The fraction of sp³-hybridized carbons (Fsp3) is 0.667. The average Bonchev–Trinajstić information content (AvgIpc) is 2.79. The Labute approximate surface area is 169 Å². The molecule has 2 aliphatic carbocycles. The first-order chi connectivity index (χ1) is 13.5. The van der Waals surface area contributed by atoms with Crippen LogP contribution in [0.2, 0.25) is 0 Å². The highest BCUT2D eigenvalue weighted by Crippen LogP contribution is 2.57. The number of carbonyl (C=O) groups excluding carboxylic acids is 1. The molecular weight excluding hydrogens is 348 g/mol. The third-order valence-corrected chi connectivity index (χ3v) is 7.61. The van der Waals surface area contributed by atoms with Crippen LogP contribution < -0.4 is 4.74 Å². The third-order valence-electron chi connectivity index (χ3n) is 7.61. The van der Waals surface area contributed by atoms with Gasteiger partial charge in [-0.05, 0) is 60.9 Å². The van der Waals surface area contributed by atoms with E-state index >= 15 is 0 Å². The molecule has 4 heteroatoms. The minimum absolute atomic E-state index is 0.229. The van der Waals surface area contributed by atoms with Gasteiger partial charge in [0.15, 0.2) is 0 Å². The molecular formula is C24H34N2O2. The van der Waals surface area contributed by atoms with Crippen LogP contribution in [0.4, 0.5) is 0 Å². The van der Waals surface area contributed by atoms with Crippen LogP contribution in [0.15, 0.2) is 23.2 Å². The normalized spacial score (nSPS) is 28.1. The lowest BCUT2D eigenvalue weighted by Gasteiger charge is -2.48. The molecule has 0 aromatic heterocycles. The highest BCUT2D eigenvalue weighted by Gasteiger charge is 2.55. The van der Waals surface area contributed by atoms with Gasteiger partial charge >= 0.3 is 0 Å². The molecule has 4 rings (SSSR count). The second kappa shape index (κ2) is 7.53. The van der Waals surface area contributed by atoms with Crippen molar-refractivity contribution in [3.63, 3.8) is 0 Å². The number of hydrogen-bond acceptors (Lipinski definition) is 3. The van der Waals surface area contributed by atoms with E-state index in [4.69, 9.17) is 9.73 Å². The minimum atomic E-state index is -0.376. The van der Waals surface area contributed by atoms with Gasteiger partial charge in [-0.25, -0.2) is 0 Å². The van der Waals surface area contributed by atoms with Crippen molar-refractivity contribution in [3.8, 4) is 5.75 Å². The minimum Gasteiger partial charge on any atom is -0.497 e. The molecule has 3 unspecified atom stereocenters. The van der Waals surface area contributed by atoms with Gasteiger partial charge in [0, 0.05) is 31.6 Å². The summed E-state index contributed by atoms with van der Waals surface area (Å²) in [5.41, 5.74) is 3.39. The van der Waals surface area contributed by atoms with Crippen LogP contribution in [0.5, 0.6) is 5.75 Å². The number of fused-ring (bicyclic) bond motifs is 3. The highest BCUT2D eigenvalue weighted by molar-refractivity contribution is 6.05. The van der Waals surface area contributed by atoms with Crippen molar-refractivity contribution in [2.75, 3.05) is 27.7 Å². The molecule has 4 nitrogen and oxygen atoms in total. The van der Waals surface area contributed by atoms with Gasteiger partial charge in [0.1, 0.15) is 5.75 Å². The summed E-state index contributed by atoms with van der Waals surface area (Å²) < 4.78 is 5.55. The largest absolute Gasteiger partial charge is 0.497 e. The van der Waals surface area contributed by atoms with Crippen molar-refractivity contribution in [1.29, 1.82) is 0 Å². The Morgan fingerprint density at radius 3 is 2.57 bits per heavy atom. The van der Waals surface area contributed by atoms with Crippen molar-refractivity contribution in [1.82, 2.24) is 4.90 Å². The summed E-state index contributed by atoms with van der Waals surface area (Å²) in [6, 6.07) is 6.42. The van der Waals surface area contributed by atoms with Gasteiger partial charge in [-0.1, -0.05) is 26.2 Å². The summed E-state index contributed by atoms with van der Waals surface area (Å²) in [6.07, 6.45) is 8.63. The molecule has 3 aliphatic rings. The van der Waals surface area contributed by atoms with Gasteiger partial charge in [-0.15, -0.1) is 0 Å². The van der Waals surface area contributed by atoms with E-state index in [0.29, 0.717) is 18.4 Å². The van der Waals surface area contributed by atoms with Crippen LogP contribution in [0.3, 0.4) is 0 Å². The topological polar surface area (TPSA) is 41.9 Å². The summed E-state index contributed by atoms with van der Waals surface area (Å²) in [6.45, 7) is 2.98. The molecule has 0 radical (unpaired) electrons. The summed E-state index contributed by atoms with van der Waals surface area (Å²) in [5, 5.41) is 0. The zero-order chi connectivity index (χ0) is 19.9. The van der Waals surface area contributed by atoms with Gasteiger partial charge < -0.3 is 9.64 Å². The number of methoxy groups -OCH3 is 1. The quantitative estimate of drug-likeness (QED) is 0.760. The number of amides is 1. The monoisotopic (exact) mass is 382 g/mol. The van der Waals surface area contributed by atoms with Gasteiger partial charge in [0.25, 0.3) is 0 Å². The predicted octanol–water partition coefficient (Wildman–Crippen LogP) is 4.67. The first-order valence-corrected chi connectivity index (χ1v) is 10.9. The maximum atomic E-state index is 13.2. The lowest BCUT2D eigenvalue weighted by molar-refractivity contribution is -0.145. The van der Waals surface area contributed by atoms with Crippen LogP contribution in [0.1, 0.15) is 68.9 Å². The van der Waals surface area contributed by atoms with E-state index in [2.05, 4.69) is 25.1 Å². The molecule has 0 bridgehead atoms. The lowest BCUT2D eigenvalue weighted by Crippen LogP contribution is -2.52. The molecule has 0 spiro atoms. The second-order valence-corrected chi connectivity index (χ2v) is 9.29. The standard InChI is InChI=1S/C24H34N2O2/c1-16(17-8-6-5-7-9-17)22-19-11-10-18(28-4)14-20(19)21-12-13-24(21,15-25-22)23(27)26(2)3/h10-11,14,16-17,21H,5-9,12-13,15H2,1-4H3. The Morgan fingerprint density at radius 2 is 1.96 bits per heavy atom. The van der Waals surface area contributed by atoms with E-state index in [1.807, 2.05) is 14.1 Å². The number of aliphatic imine (C=N–C) groups is 1. The first-order valence-electron chi connectivity index (χ1n) is 10.9. The molecule has 2 fully saturated rings. The summed E-state index contributed by atoms with van der Waals surface area (Å²) in [5.74, 6) is 2.50. The number of carbonyl (C=O) groups is 1. The van der Waals surface area contributed by atoms with Crippen LogP contribution in [-0.4, -0.2) is 44.3 Å². The van der Waals surface area contributed by atoms with E-state index in [1.165, 1.54) is 48.9 Å². The SMILES string of the molecule is COc1ccc2c(c1)C1CCC1(C(=O)N(C)C)CN=C2C(C)C1CCCCC1. The van der Waals surface area contributed by atoms with Crippen LogP contribution in [-0.2, 0) is 4.79 Å². The van der Waals surface area contributed by atoms with Gasteiger partial charge in [-0.3, -0.25) is 9.79 Å². The number of hydrogen-bond donors (Lipinski definition) is 0. The van der Waals surface area contributed by atoms with E-state index in [-0.39, 0.29) is 17.2 Å². The molecule has 1 amide bonds. The van der Waals surface area contributed by atoms with Crippen LogP contribution >= 0.6 is 0 Å². The number of benzene rings is 1. The van der Waals surface area contributed by atoms with Crippen molar-refractivity contribution in [2.24, 2.45) is 22.2 Å². The first kappa shape index (κ1) is 19.5. The molecule has 1 aromatic rings. The van der Waals surface area contributed by atoms with E-state index in [1.54, 1.807) is 12.0 Å². The zero-order valence-electron chi connectivity index (χ0n) is 17.8. The Hall–Kier alpha value is -1.84. The fourth-order valence-corrected chi connectivity index (χ4v) is 5.80. The Kier molecular flexibility index (Phi) is 5.24. The predicted molar refractivity (Wildman–Crippen MR) is 113 cm³/mol. The van der Waals surface area contributed by atoms with Gasteiger partial charge in [-0.2, -0.15) is 0 Å². The fourth-order valence-electron chi connectivity index (χ4n) is 5.80. The Balaban J connectivity index is 1.79. The molecule has 0 N–H and O–H groups in total. The van der Waals surface area contributed by atoms with Crippen molar-refractivity contribution in [2.45, 2.75) is 57.8 Å². The average molecular weight is 383 g/mol. The number of nitrogens with zero attached hydrogens (tertiary/aromatic N) is 2.